The van der Waals surface area contributed by atoms with E-state index in [0.717, 1.165) is 14.9 Å². The van der Waals surface area contributed by atoms with Crippen LogP contribution in [0.3, 0.4) is 0 Å². The first-order valence-electron chi connectivity index (χ1n) is 6.60. The fourth-order valence-electron chi connectivity index (χ4n) is 1.74. The van der Waals surface area contributed by atoms with Crippen LogP contribution in [0.15, 0.2) is 51.4 Å². The van der Waals surface area contributed by atoms with E-state index in [9.17, 15) is 4.79 Å². The van der Waals surface area contributed by atoms with E-state index < -0.39 is 0 Å². The second kappa shape index (κ2) is 7.25. The molecule has 7 nitrogen and oxygen atoms in total. The van der Waals surface area contributed by atoms with Crippen LogP contribution in [0.4, 0.5) is 0 Å². The molecule has 0 aliphatic carbocycles. The summed E-state index contributed by atoms with van der Waals surface area (Å²) >= 11 is 4.87. The highest BCUT2D eigenvalue weighted by atomic mass is 79.9. The molecular formula is C14H11BrN6OS. The Bertz CT molecular complexity index is 829. The predicted octanol–water partition coefficient (Wildman–Crippen LogP) is 2.31. The third-order valence-electron chi connectivity index (χ3n) is 2.74. The number of thiophene rings is 1. The number of carbonyl (C=O) groups excluding carboxylic acids is 1. The summed E-state index contributed by atoms with van der Waals surface area (Å²) in [6.45, 7) is -0.0503. The number of carbonyl (C=O) groups is 1. The van der Waals surface area contributed by atoms with Gasteiger partial charge >= 0.3 is 0 Å². The van der Waals surface area contributed by atoms with Crippen LogP contribution >= 0.6 is 27.3 Å². The minimum atomic E-state index is -0.325. The zero-order valence-corrected chi connectivity index (χ0v) is 14.2. The molecule has 0 aliphatic rings. The molecule has 1 N–H and O–H groups in total. The molecule has 0 atom stereocenters. The van der Waals surface area contributed by atoms with E-state index in [2.05, 4.69) is 41.9 Å². The number of hydrogen-bond donors (Lipinski definition) is 1. The third kappa shape index (κ3) is 4.30. The maximum atomic E-state index is 11.8. The maximum absolute atomic E-state index is 11.8. The Labute approximate surface area is 144 Å². The van der Waals surface area contributed by atoms with E-state index >= 15 is 0 Å². The van der Waals surface area contributed by atoms with E-state index in [1.54, 1.807) is 6.21 Å². The normalized spacial score (nSPS) is 11.0. The van der Waals surface area contributed by atoms with Crippen molar-refractivity contribution in [2.24, 2.45) is 5.10 Å². The molecule has 0 unspecified atom stereocenters. The zero-order valence-electron chi connectivity index (χ0n) is 11.8. The molecule has 0 radical (unpaired) electrons. The van der Waals surface area contributed by atoms with Crippen LogP contribution < -0.4 is 5.43 Å². The van der Waals surface area contributed by atoms with Crippen molar-refractivity contribution in [3.05, 3.63) is 51.1 Å². The fraction of sp³-hybridized carbons (Fsp3) is 0.0714. The predicted molar refractivity (Wildman–Crippen MR) is 91.0 cm³/mol. The first-order chi connectivity index (χ1) is 11.2. The first-order valence-corrected chi connectivity index (χ1v) is 8.27. The van der Waals surface area contributed by atoms with E-state index in [1.165, 1.54) is 16.1 Å². The van der Waals surface area contributed by atoms with Crippen molar-refractivity contribution in [3.63, 3.8) is 0 Å². The average Bonchev–Trinajstić information content (AvgIpc) is 3.17. The minimum absolute atomic E-state index is 0.0503. The molecule has 1 amide bonds. The lowest BCUT2D eigenvalue weighted by molar-refractivity contribution is -0.122. The molecule has 0 saturated heterocycles. The molecule has 9 heteroatoms. The van der Waals surface area contributed by atoms with Gasteiger partial charge in [0.1, 0.15) is 6.54 Å². The van der Waals surface area contributed by atoms with E-state index in [4.69, 9.17) is 0 Å². The Morgan fingerprint density at radius 1 is 1.39 bits per heavy atom. The molecule has 116 valence electrons. The van der Waals surface area contributed by atoms with Gasteiger partial charge in [0, 0.05) is 20.3 Å². The molecule has 2 heterocycles. The topological polar surface area (TPSA) is 85.1 Å². The molecule has 0 saturated carbocycles. The van der Waals surface area contributed by atoms with Crippen LogP contribution in [0.2, 0.25) is 0 Å². The maximum Gasteiger partial charge on any atom is 0.263 e. The summed E-state index contributed by atoms with van der Waals surface area (Å²) in [6, 6.07) is 11.4. The number of benzene rings is 1. The van der Waals surface area contributed by atoms with Gasteiger partial charge in [-0.15, -0.1) is 21.5 Å². The number of halogens is 1. The van der Waals surface area contributed by atoms with Crippen LogP contribution in [0.1, 0.15) is 4.88 Å². The van der Waals surface area contributed by atoms with Crippen molar-refractivity contribution < 1.29 is 4.79 Å². The highest BCUT2D eigenvalue weighted by Gasteiger charge is 2.08. The lowest BCUT2D eigenvalue weighted by Gasteiger charge is -1.97. The fourth-order valence-corrected chi connectivity index (χ4v) is 3.04. The van der Waals surface area contributed by atoms with Gasteiger partial charge in [0.05, 0.1) is 6.21 Å². The molecule has 1 aromatic carbocycles. The van der Waals surface area contributed by atoms with Gasteiger partial charge in [-0.3, -0.25) is 4.79 Å². The lowest BCUT2D eigenvalue weighted by atomic mass is 10.2. The number of amides is 1. The smallest absolute Gasteiger partial charge is 0.263 e. The van der Waals surface area contributed by atoms with Crippen LogP contribution in [0, 0.1) is 0 Å². The van der Waals surface area contributed by atoms with Crippen molar-refractivity contribution in [1.82, 2.24) is 25.6 Å². The van der Waals surface area contributed by atoms with Crippen molar-refractivity contribution in [1.29, 1.82) is 0 Å². The van der Waals surface area contributed by atoms with E-state index in [0.29, 0.717) is 5.82 Å². The Balaban J connectivity index is 1.56. The van der Waals surface area contributed by atoms with Gasteiger partial charge in [-0.2, -0.15) is 9.90 Å². The summed E-state index contributed by atoms with van der Waals surface area (Å²) in [5.41, 5.74) is 3.28. The molecule has 0 spiro atoms. The molecule has 3 rings (SSSR count). The van der Waals surface area contributed by atoms with Gasteiger partial charge in [-0.05, 0) is 27.2 Å². The Morgan fingerprint density at radius 3 is 2.96 bits per heavy atom. The van der Waals surface area contributed by atoms with Crippen LogP contribution in [-0.4, -0.2) is 32.3 Å². The molecular weight excluding hydrogens is 380 g/mol. The van der Waals surface area contributed by atoms with Gasteiger partial charge in [0.2, 0.25) is 5.82 Å². The van der Waals surface area contributed by atoms with E-state index in [-0.39, 0.29) is 12.5 Å². The summed E-state index contributed by atoms with van der Waals surface area (Å²) in [6.07, 6.45) is 1.58. The summed E-state index contributed by atoms with van der Waals surface area (Å²) in [7, 11) is 0. The number of nitrogens with zero attached hydrogens (tertiary/aromatic N) is 5. The molecule has 0 bridgehead atoms. The molecule has 0 fully saturated rings. The molecule has 3 aromatic rings. The lowest BCUT2D eigenvalue weighted by Crippen LogP contribution is -2.24. The van der Waals surface area contributed by atoms with Gasteiger partial charge in [0.25, 0.3) is 5.91 Å². The monoisotopic (exact) mass is 390 g/mol. The number of aromatic nitrogens is 4. The second-order valence-electron chi connectivity index (χ2n) is 4.47. The van der Waals surface area contributed by atoms with E-state index in [1.807, 2.05) is 41.8 Å². The zero-order chi connectivity index (χ0) is 16.1. The number of tetrazole rings is 1. The van der Waals surface area contributed by atoms with Gasteiger partial charge < -0.3 is 0 Å². The second-order valence-corrected chi connectivity index (χ2v) is 6.33. The minimum Gasteiger partial charge on any atom is -0.271 e. The highest BCUT2D eigenvalue weighted by molar-refractivity contribution is 9.10. The highest BCUT2D eigenvalue weighted by Crippen LogP contribution is 2.17. The SMILES string of the molecule is O=C(Cn1nnc(-c2ccccc2)n1)N/N=C\c1cc(Br)cs1. The van der Waals surface area contributed by atoms with Gasteiger partial charge in [-0.25, -0.2) is 5.43 Å². The number of rotatable bonds is 5. The Hall–Kier alpha value is -2.39. The Kier molecular flexibility index (Phi) is 4.89. The number of nitrogens with one attached hydrogen (secondary N) is 1. The average molecular weight is 391 g/mol. The number of hydrazone groups is 1. The molecule has 23 heavy (non-hydrogen) atoms. The van der Waals surface area contributed by atoms with Gasteiger partial charge in [-0.1, -0.05) is 30.3 Å². The Morgan fingerprint density at radius 2 is 2.22 bits per heavy atom. The van der Waals surface area contributed by atoms with Crippen molar-refractivity contribution in [2.75, 3.05) is 0 Å². The largest absolute Gasteiger partial charge is 0.271 e. The van der Waals surface area contributed by atoms with Crippen molar-refractivity contribution >= 4 is 39.4 Å². The molecule has 0 aliphatic heterocycles. The van der Waals surface area contributed by atoms with Crippen LogP contribution in [0.5, 0.6) is 0 Å². The van der Waals surface area contributed by atoms with Crippen molar-refractivity contribution in [3.8, 4) is 11.4 Å². The summed E-state index contributed by atoms with van der Waals surface area (Å²) in [4.78, 5) is 14.0. The first kappa shape index (κ1) is 15.5. The standard InChI is InChI=1S/C14H11BrN6OS/c15-11-6-12(23-9-11)7-16-17-13(22)8-21-19-14(18-20-21)10-4-2-1-3-5-10/h1-7,9H,8H2,(H,17,22)/b16-7-. The van der Waals surface area contributed by atoms with Crippen LogP contribution in [0.25, 0.3) is 11.4 Å². The van der Waals surface area contributed by atoms with Gasteiger partial charge in [0.15, 0.2) is 0 Å². The summed E-state index contributed by atoms with van der Waals surface area (Å²) in [5, 5.41) is 17.8. The van der Waals surface area contributed by atoms with Crippen LogP contribution in [-0.2, 0) is 11.3 Å². The summed E-state index contributed by atoms with van der Waals surface area (Å²) in [5.74, 6) is 0.152. The summed E-state index contributed by atoms with van der Waals surface area (Å²) < 4.78 is 0.982. The molecule has 2 aromatic heterocycles. The quantitative estimate of drug-likeness (QED) is 0.534. The third-order valence-corrected chi connectivity index (χ3v) is 4.37. The number of hydrogen-bond acceptors (Lipinski definition) is 6. The van der Waals surface area contributed by atoms with Crippen molar-refractivity contribution in [2.45, 2.75) is 6.54 Å².